The summed E-state index contributed by atoms with van der Waals surface area (Å²) in [4.78, 5) is 11.0. The predicted molar refractivity (Wildman–Crippen MR) is 60.4 cm³/mol. The molecule has 0 saturated heterocycles. The topological polar surface area (TPSA) is 109 Å². The first-order valence-corrected chi connectivity index (χ1v) is 7.33. The van der Waals surface area contributed by atoms with E-state index in [1.165, 1.54) is 11.8 Å². The normalized spacial score (nSPS) is 13.5. The van der Waals surface area contributed by atoms with Gasteiger partial charge in [-0.25, -0.2) is 0 Å². The van der Waals surface area contributed by atoms with Gasteiger partial charge in [0.25, 0.3) is 10.1 Å². The quantitative estimate of drug-likeness (QED) is 0.508. The molecule has 6 nitrogen and oxygen atoms in total. The molecule has 90 valence electrons. The summed E-state index contributed by atoms with van der Waals surface area (Å²) in [5.74, 6) is -0.200. The molecular weight excluding hydrogens is 240 g/mol. The van der Waals surface area contributed by atoms with E-state index >= 15 is 0 Å². The first kappa shape index (κ1) is 14.7. The molecular formula is C7H16N2O4S2. The largest absolute Gasteiger partial charge is 0.351 e. The molecule has 0 unspecified atom stereocenters. The molecule has 0 bridgehead atoms. The van der Waals surface area contributed by atoms with Gasteiger partial charge in [0, 0.05) is 6.04 Å². The van der Waals surface area contributed by atoms with Gasteiger partial charge in [0.15, 0.2) is 0 Å². The third-order valence-corrected chi connectivity index (χ3v) is 3.10. The van der Waals surface area contributed by atoms with Gasteiger partial charge in [-0.15, -0.1) is 0 Å². The molecule has 8 heteroatoms. The fourth-order valence-electron chi connectivity index (χ4n) is 0.998. The second kappa shape index (κ2) is 7.04. The van der Waals surface area contributed by atoms with E-state index in [0.29, 0.717) is 12.2 Å². The van der Waals surface area contributed by atoms with Crippen molar-refractivity contribution >= 4 is 27.8 Å². The lowest BCUT2D eigenvalue weighted by Gasteiger charge is -2.16. The third-order valence-electron chi connectivity index (χ3n) is 1.63. The van der Waals surface area contributed by atoms with E-state index < -0.39 is 27.8 Å². The van der Waals surface area contributed by atoms with E-state index in [-0.39, 0.29) is 6.54 Å². The molecule has 0 aromatic rings. The SMILES string of the molecule is CSCC[C@H](CS(=O)(=O)O)NC(=O)CN. The van der Waals surface area contributed by atoms with Gasteiger partial charge < -0.3 is 11.1 Å². The van der Waals surface area contributed by atoms with Crippen LogP contribution in [0.3, 0.4) is 0 Å². The summed E-state index contributed by atoms with van der Waals surface area (Å²) in [6.07, 6.45) is 2.35. The highest BCUT2D eigenvalue weighted by molar-refractivity contribution is 7.98. The molecule has 0 rings (SSSR count). The number of carbonyl (C=O) groups is 1. The van der Waals surface area contributed by atoms with Crippen LogP contribution in [0.25, 0.3) is 0 Å². The first-order valence-electron chi connectivity index (χ1n) is 4.32. The average molecular weight is 256 g/mol. The Morgan fingerprint density at radius 3 is 2.60 bits per heavy atom. The third kappa shape index (κ3) is 8.67. The molecule has 1 atom stereocenters. The minimum absolute atomic E-state index is 0.193. The summed E-state index contributed by atoms with van der Waals surface area (Å²) in [6, 6.07) is -0.580. The summed E-state index contributed by atoms with van der Waals surface area (Å²) in [7, 11) is -4.07. The van der Waals surface area contributed by atoms with Crippen molar-refractivity contribution in [1.29, 1.82) is 0 Å². The first-order chi connectivity index (χ1) is 6.89. The summed E-state index contributed by atoms with van der Waals surface area (Å²) in [6.45, 7) is -0.193. The van der Waals surface area contributed by atoms with Gasteiger partial charge in [0.05, 0.1) is 12.3 Å². The second-order valence-electron chi connectivity index (χ2n) is 3.00. The van der Waals surface area contributed by atoms with Crippen LogP contribution in [-0.4, -0.2) is 49.2 Å². The Kier molecular flexibility index (Phi) is 6.90. The van der Waals surface area contributed by atoms with E-state index in [0.717, 1.165) is 0 Å². The van der Waals surface area contributed by atoms with Crippen LogP contribution in [0, 0.1) is 0 Å². The Labute approximate surface area is 93.7 Å². The number of nitrogens with one attached hydrogen (secondary N) is 1. The zero-order valence-electron chi connectivity index (χ0n) is 8.47. The number of thioether (sulfide) groups is 1. The van der Waals surface area contributed by atoms with Crippen molar-refractivity contribution in [3.05, 3.63) is 0 Å². The van der Waals surface area contributed by atoms with Crippen molar-refractivity contribution < 1.29 is 17.8 Å². The van der Waals surface area contributed by atoms with Gasteiger partial charge >= 0.3 is 0 Å². The number of hydrogen-bond acceptors (Lipinski definition) is 5. The molecule has 0 spiro atoms. The second-order valence-corrected chi connectivity index (χ2v) is 5.48. The van der Waals surface area contributed by atoms with Crippen LogP contribution in [0.15, 0.2) is 0 Å². The van der Waals surface area contributed by atoms with Crippen LogP contribution in [0.1, 0.15) is 6.42 Å². The zero-order valence-corrected chi connectivity index (χ0v) is 10.1. The monoisotopic (exact) mass is 256 g/mol. The van der Waals surface area contributed by atoms with Gasteiger partial charge in [0.1, 0.15) is 0 Å². The summed E-state index contributed by atoms with van der Waals surface area (Å²) in [5, 5.41) is 2.44. The molecule has 0 saturated carbocycles. The average Bonchev–Trinajstić information content (AvgIpc) is 2.11. The minimum Gasteiger partial charge on any atom is -0.351 e. The van der Waals surface area contributed by atoms with Gasteiger partial charge in [-0.1, -0.05) is 0 Å². The molecule has 0 aliphatic rings. The highest BCUT2D eigenvalue weighted by Gasteiger charge is 2.17. The number of carbonyl (C=O) groups excluding carboxylic acids is 1. The van der Waals surface area contributed by atoms with Crippen molar-refractivity contribution in [3.63, 3.8) is 0 Å². The van der Waals surface area contributed by atoms with Crippen LogP contribution in [0.5, 0.6) is 0 Å². The van der Waals surface area contributed by atoms with Crippen molar-refractivity contribution in [1.82, 2.24) is 5.32 Å². The number of rotatable bonds is 7. The van der Waals surface area contributed by atoms with Gasteiger partial charge in [-0.05, 0) is 18.4 Å². The molecule has 0 aliphatic carbocycles. The van der Waals surface area contributed by atoms with Crippen LogP contribution < -0.4 is 11.1 Å². The highest BCUT2D eigenvalue weighted by Crippen LogP contribution is 2.03. The lowest BCUT2D eigenvalue weighted by Crippen LogP contribution is -2.42. The van der Waals surface area contributed by atoms with Crippen molar-refractivity contribution in [2.24, 2.45) is 5.73 Å². The number of nitrogens with two attached hydrogens (primary N) is 1. The fourth-order valence-corrected chi connectivity index (χ4v) is 2.28. The molecule has 4 N–H and O–H groups in total. The standard InChI is InChI=1S/C7H16N2O4S2/c1-14-3-2-6(5-15(11,12)13)9-7(10)4-8/h6H,2-5,8H2,1H3,(H,9,10)(H,11,12,13)/t6-/m1/s1. The highest BCUT2D eigenvalue weighted by atomic mass is 32.2. The van der Waals surface area contributed by atoms with E-state index in [1.807, 2.05) is 6.26 Å². The van der Waals surface area contributed by atoms with Crippen molar-refractivity contribution in [3.8, 4) is 0 Å². The van der Waals surface area contributed by atoms with E-state index in [9.17, 15) is 13.2 Å². The maximum atomic E-state index is 11.0. The van der Waals surface area contributed by atoms with Gasteiger partial charge in [0.2, 0.25) is 5.91 Å². The Morgan fingerprint density at radius 1 is 1.60 bits per heavy atom. The number of amides is 1. The van der Waals surface area contributed by atoms with Crippen molar-refractivity contribution in [2.45, 2.75) is 12.5 Å². The maximum absolute atomic E-state index is 11.0. The molecule has 1 amide bonds. The minimum atomic E-state index is -4.07. The molecule has 0 radical (unpaired) electrons. The molecule has 15 heavy (non-hydrogen) atoms. The van der Waals surface area contributed by atoms with Gasteiger partial charge in [-0.2, -0.15) is 20.2 Å². The van der Waals surface area contributed by atoms with E-state index in [1.54, 1.807) is 0 Å². The fraction of sp³-hybridized carbons (Fsp3) is 0.857. The van der Waals surface area contributed by atoms with Crippen molar-refractivity contribution in [2.75, 3.05) is 24.3 Å². The summed E-state index contributed by atoms with van der Waals surface area (Å²) >= 11 is 1.53. The van der Waals surface area contributed by atoms with Crippen LogP contribution >= 0.6 is 11.8 Å². The lowest BCUT2D eigenvalue weighted by molar-refractivity contribution is -0.120. The molecule has 0 fully saturated rings. The molecule has 0 heterocycles. The van der Waals surface area contributed by atoms with E-state index in [2.05, 4.69) is 5.32 Å². The molecule has 0 aliphatic heterocycles. The number of hydrogen-bond donors (Lipinski definition) is 3. The van der Waals surface area contributed by atoms with Crippen LogP contribution in [0.2, 0.25) is 0 Å². The Bertz CT molecular complexity index is 291. The van der Waals surface area contributed by atoms with Crippen LogP contribution in [-0.2, 0) is 14.9 Å². The maximum Gasteiger partial charge on any atom is 0.266 e. The molecule has 0 aromatic carbocycles. The summed E-state index contributed by atoms with van der Waals surface area (Å²) in [5.41, 5.74) is 5.08. The lowest BCUT2D eigenvalue weighted by atomic mass is 10.2. The smallest absolute Gasteiger partial charge is 0.266 e. The summed E-state index contributed by atoms with van der Waals surface area (Å²) < 4.78 is 29.9. The Hall–Kier alpha value is -0.310. The van der Waals surface area contributed by atoms with E-state index in [4.69, 9.17) is 10.3 Å². The Balaban J connectivity index is 4.24. The molecule has 0 aromatic heterocycles. The predicted octanol–water partition coefficient (Wildman–Crippen LogP) is -0.929. The Morgan fingerprint density at radius 2 is 2.20 bits per heavy atom. The van der Waals surface area contributed by atoms with Gasteiger partial charge in [-0.3, -0.25) is 9.35 Å². The zero-order chi connectivity index (χ0) is 11.9. The van der Waals surface area contributed by atoms with Crippen LogP contribution in [0.4, 0.5) is 0 Å².